The van der Waals surface area contributed by atoms with Crippen molar-refractivity contribution in [3.63, 3.8) is 0 Å². The minimum Gasteiger partial charge on any atom is -0.508 e. The van der Waals surface area contributed by atoms with Crippen LogP contribution >= 0.6 is 11.3 Å². The molecular weight excluding hydrogens is 344 g/mol. The van der Waals surface area contributed by atoms with E-state index >= 15 is 0 Å². The van der Waals surface area contributed by atoms with E-state index in [9.17, 15) is 9.90 Å². The number of benzene rings is 2. The minimum atomic E-state index is 0.00857. The van der Waals surface area contributed by atoms with Crippen LogP contribution in [-0.4, -0.2) is 16.0 Å². The van der Waals surface area contributed by atoms with Crippen LogP contribution in [0.25, 0.3) is 10.6 Å². The number of carbonyl (C=O) groups is 1. The van der Waals surface area contributed by atoms with Crippen molar-refractivity contribution in [1.82, 2.24) is 10.3 Å². The van der Waals surface area contributed by atoms with Gasteiger partial charge in [-0.25, -0.2) is 4.98 Å². The van der Waals surface area contributed by atoms with Gasteiger partial charge in [0.1, 0.15) is 10.8 Å². The van der Waals surface area contributed by atoms with Gasteiger partial charge in [-0.2, -0.15) is 0 Å². The predicted octanol–water partition coefficient (Wildman–Crippen LogP) is 4.25. The number of hydrogen-bond acceptors (Lipinski definition) is 4. The smallest absolute Gasteiger partial charge is 0.226 e. The molecule has 1 atom stereocenters. The summed E-state index contributed by atoms with van der Waals surface area (Å²) in [6.07, 6.45) is 3.46. The molecule has 4 rings (SSSR count). The Morgan fingerprint density at radius 1 is 1.19 bits per heavy atom. The molecule has 4 nitrogen and oxygen atoms in total. The third-order valence-electron chi connectivity index (χ3n) is 4.71. The van der Waals surface area contributed by atoms with Crippen molar-refractivity contribution < 1.29 is 9.90 Å². The molecule has 1 amide bonds. The quantitative estimate of drug-likeness (QED) is 0.727. The standard InChI is InChI=1S/C21H20N2O2S/c24-17-10-8-15(9-11-17)21-22-16(13-26-21)12-20(25)23-19-7-3-5-14-4-1-2-6-18(14)19/h1-2,4,6,8-11,13,19,24H,3,5,7,12H2,(H,23,25)/t19-/m1/s1. The molecule has 26 heavy (non-hydrogen) atoms. The number of aryl methyl sites for hydroxylation is 1. The predicted molar refractivity (Wildman–Crippen MR) is 103 cm³/mol. The molecule has 0 unspecified atom stereocenters. The molecule has 1 aliphatic carbocycles. The molecule has 2 N–H and O–H groups in total. The largest absolute Gasteiger partial charge is 0.508 e. The first kappa shape index (κ1) is 16.8. The first-order valence-corrected chi connectivity index (χ1v) is 9.68. The van der Waals surface area contributed by atoms with Gasteiger partial charge in [-0.3, -0.25) is 4.79 Å². The average Bonchev–Trinajstić information content (AvgIpc) is 3.11. The number of aromatic nitrogens is 1. The number of phenols is 1. The van der Waals surface area contributed by atoms with Gasteiger partial charge in [0.05, 0.1) is 18.2 Å². The summed E-state index contributed by atoms with van der Waals surface area (Å²) >= 11 is 1.51. The third-order valence-corrected chi connectivity index (χ3v) is 5.65. The van der Waals surface area contributed by atoms with Crippen molar-refractivity contribution in [3.8, 4) is 16.3 Å². The Morgan fingerprint density at radius 2 is 2.00 bits per heavy atom. The summed E-state index contributed by atoms with van der Waals surface area (Å²) in [6.45, 7) is 0. The van der Waals surface area contributed by atoms with Crippen LogP contribution in [0.4, 0.5) is 0 Å². The molecule has 0 fully saturated rings. The van der Waals surface area contributed by atoms with E-state index in [4.69, 9.17) is 0 Å². The van der Waals surface area contributed by atoms with Gasteiger partial charge in [-0.15, -0.1) is 11.3 Å². The van der Waals surface area contributed by atoms with Crippen LogP contribution in [0.3, 0.4) is 0 Å². The number of amides is 1. The van der Waals surface area contributed by atoms with E-state index < -0.39 is 0 Å². The molecular formula is C21H20N2O2S. The summed E-state index contributed by atoms with van der Waals surface area (Å²) in [7, 11) is 0. The number of nitrogens with one attached hydrogen (secondary N) is 1. The minimum absolute atomic E-state index is 0.00857. The van der Waals surface area contributed by atoms with E-state index in [2.05, 4.69) is 28.5 Å². The molecule has 0 aliphatic heterocycles. The molecule has 2 aromatic carbocycles. The average molecular weight is 364 g/mol. The molecule has 1 aliphatic rings. The lowest BCUT2D eigenvalue weighted by atomic mass is 9.87. The highest BCUT2D eigenvalue weighted by molar-refractivity contribution is 7.13. The second kappa shape index (κ2) is 7.30. The van der Waals surface area contributed by atoms with Crippen LogP contribution in [0.15, 0.2) is 53.9 Å². The van der Waals surface area contributed by atoms with Gasteiger partial charge in [0.25, 0.3) is 0 Å². The van der Waals surface area contributed by atoms with Crippen LogP contribution in [0.5, 0.6) is 5.75 Å². The van der Waals surface area contributed by atoms with Crippen LogP contribution in [0, 0.1) is 0 Å². The summed E-state index contributed by atoms with van der Waals surface area (Å²) in [5, 5.41) is 15.3. The summed E-state index contributed by atoms with van der Waals surface area (Å²) < 4.78 is 0. The van der Waals surface area contributed by atoms with Crippen molar-refractivity contribution in [1.29, 1.82) is 0 Å². The maximum Gasteiger partial charge on any atom is 0.226 e. The van der Waals surface area contributed by atoms with Crippen molar-refractivity contribution in [3.05, 3.63) is 70.7 Å². The second-order valence-electron chi connectivity index (χ2n) is 6.58. The van der Waals surface area contributed by atoms with E-state index in [1.165, 1.54) is 22.5 Å². The molecule has 0 saturated heterocycles. The molecule has 5 heteroatoms. The highest BCUT2D eigenvalue weighted by atomic mass is 32.1. The maximum atomic E-state index is 12.5. The first-order chi connectivity index (χ1) is 12.7. The van der Waals surface area contributed by atoms with Gasteiger partial charge < -0.3 is 10.4 Å². The van der Waals surface area contributed by atoms with Crippen molar-refractivity contribution >= 4 is 17.2 Å². The zero-order valence-corrected chi connectivity index (χ0v) is 15.1. The number of aromatic hydroxyl groups is 1. The fraction of sp³-hybridized carbons (Fsp3) is 0.238. The SMILES string of the molecule is O=C(Cc1csc(-c2ccc(O)cc2)n1)N[C@@H]1CCCc2ccccc21. The van der Waals surface area contributed by atoms with Crippen LogP contribution in [0.1, 0.15) is 35.7 Å². The lowest BCUT2D eigenvalue weighted by molar-refractivity contribution is -0.121. The van der Waals surface area contributed by atoms with E-state index in [0.29, 0.717) is 0 Å². The molecule has 0 radical (unpaired) electrons. The Morgan fingerprint density at radius 3 is 2.85 bits per heavy atom. The number of carbonyl (C=O) groups excluding carboxylic acids is 1. The van der Waals surface area contributed by atoms with Gasteiger partial charge in [0.15, 0.2) is 0 Å². The molecule has 132 valence electrons. The van der Waals surface area contributed by atoms with Crippen LogP contribution in [0.2, 0.25) is 0 Å². The fourth-order valence-corrected chi connectivity index (χ4v) is 4.26. The Balaban J connectivity index is 1.42. The highest BCUT2D eigenvalue weighted by Crippen LogP contribution is 2.30. The number of thiazole rings is 1. The Kier molecular flexibility index (Phi) is 4.71. The van der Waals surface area contributed by atoms with E-state index in [-0.39, 0.29) is 24.1 Å². The lowest BCUT2D eigenvalue weighted by Crippen LogP contribution is -2.32. The van der Waals surface area contributed by atoms with Gasteiger partial charge in [0, 0.05) is 10.9 Å². The number of rotatable bonds is 4. The van der Waals surface area contributed by atoms with Gasteiger partial charge in [-0.05, 0) is 54.7 Å². The molecule has 0 saturated carbocycles. The number of hydrogen-bond donors (Lipinski definition) is 2. The molecule has 0 spiro atoms. The Labute approximate surface area is 156 Å². The van der Waals surface area contributed by atoms with Crippen molar-refractivity contribution in [2.75, 3.05) is 0 Å². The summed E-state index contributed by atoms with van der Waals surface area (Å²) in [4.78, 5) is 17.1. The zero-order valence-electron chi connectivity index (χ0n) is 14.3. The lowest BCUT2D eigenvalue weighted by Gasteiger charge is -2.26. The van der Waals surface area contributed by atoms with Crippen molar-refractivity contribution in [2.24, 2.45) is 0 Å². The zero-order chi connectivity index (χ0) is 17.9. The topological polar surface area (TPSA) is 62.2 Å². The monoisotopic (exact) mass is 364 g/mol. The van der Waals surface area contributed by atoms with Crippen LogP contribution < -0.4 is 5.32 Å². The Hall–Kier alpha value is -2.66. The fourth-order valence-electron chi connectivity index (χ4n) is 3.44. The normalized spacial score (nSPS) is 16.1. The number of nitrogens with zero attached hydrogens (tertiary/aromatic N) is 1. The summed E-state index contributed by atoms with van der Waals surface area (Å²) in [6, 6.07) is 15.4. The first-order valence-electron chi connectivity index (χ1n) is 8.80. The summed E-state index contributed by atoms with van der Waals surface area (Å²) in [5.41, 5.74) is 4.31. The van der Waals surface area contributed by atoms with E-state index in [1.807, 2.05) is 23.6 Å². The maximum absolute atomic E-state index is 12.5. The van der Waals surface area contributed by atoms with Crippen LogP contribution in [-0.2, 0) is 17.6 Å². The van der Waals surface area contributed by atoms with Gasteiger partial charge in [0.2, 0.25) is 5.91 Å². The Bertz CT molecular complexity index is 918. The molecule has 1 heterocycles. The van der Waals surface area contributed by atoms with Gasteiger partial charge in [-0.1, -0.05) is 24.3 Å². The van der Waals surface area contributed by atoms with Gasteiger partial charge >= 0.3 is 0 Å². The molecule has 3 aromatic rings. The van der Waals surface area contributed by atoms with E-state index in [1.54, 1.807) is 12.1 Å². The summed E-state index contributed by atoms with van der Waals surface area (Å²) in [5.74, 6) is 0.243. The third kappa shape index (κ3) is 3.63. The van der Waals surface area contributed by atoms with Crippen molar-refractivity contribution in [2.45, 2.75) is 31.7 Å². The molecule has 1 aromatic heterocycles. The second-order valence-corrected chi connectivity index (χ2v) is 7.44. The number of phenolic OH excluding ortho intramolecular Hbond substituents is 1. The van der Waals surface area contributed by atoms with E-state index in [0.717, 1.165) is 35.5 Å². The molecule has 0 bridgehead atoms. The number of fused-ring (bicyclic) bond motifs is 1. The highest BCUT2D eigenvalue weighted by Gasteiger charge is 2.21.